The Kier molecular flexibility index (Phi) is 7.58. The largest absolute Gasteiger partial charge is 0.465 e. The normalized spacial score (nSPS) is 48.1. The molecule has 4 nitrogen and oxygen atoms in total. The van der Waals surface area contributed by atoms with Gasteiger partial charge < -0.3 is 14.9 Å². The Labute approximate surface area is 246 Å². The molecule has 0 aliphatic heterocycles. The van der Waals surface area contributed by atoms with Gasteiger partial charge in [-0.1, -0.05) is 76.0 Å². The summed E-state index contributed by atoms with van der Waals surface area (Å²) in [5, 5.41) is 23.0. The van der Waals surface area contributed by atoms with E-state index in [1.807, 2.05) is 0 Å². The van der Waals surface area contributed by atoms with Crippen LogP contribution in [0.15, 0.2) is 11.6 Å². The highest BCUT2D eigenvalue weighted by molar-refractivity contribution is 9.09. The van der Waals surface area contributed by atoms with Crippen LogP contribution in [0.4, 0.5) is 0 Å². The molecule has 0 unspecified atom stereocenters. The Morgan fingerprint density at radius 3 is 2.33 bits per heavy atom. The average molecular weight is 608 g/mol. The van der Waals surface area contributed by atoms with Gasteiger partial charge in [-0.2, -0.15) is 0 Å². The van der Waals surface area contributed by atoms with Crippen molar-refractivity contribution in [1.82, 2.24) is 0 Å². The number of rotatable bonds is 5. The van der Waals surface area contributed by atoms with Gasteiger partial charge in [0.15, 0.2) is 0 Å². The highest BCUT2D eigenvalue weighted by Gasteiger charge is 2.70. The number of alkyl halides is 1. The quantitative estimate of drug-likeness (QED) is 0.145. The molecule has 4 fully saturated rings. The molecule has 39 heavy (non-hydrogen) atoms. The first-order valence-electron chi connectivity index (χ1n) is 15.9. The number of hydrogen-bond acceptors (Lipinski definition) is 4. The molecule has 0 heterocycles. The van der Waals surface area contributed by atoms with Crippen molar-refractivity contribution in [3.05, 3.63) is 11.6 Å². The van der Waals surface area contributed by atoms with E-state index in [0.29, 0.717) is 24.9 Å². The number of halogens is 1. The molecular formula is C34H55BrO4. The lowest BCUT2D eigenvalue weighted by atomic mass is 9.33. The third-order valence-electron chi connectivity index (χ3n) is 13.7. The van der Waals surface area contributed by atoms with Crippen LogP contribution >= 0.6 is 15.9 Å². The molecule has 0 radical (unpaired) electrons. The zero-order valence-corrected chi connectivity index (χ0v) is 27.3. The number of carbonyl (C=O) groups is 1. The van der Waals surface area contributed by atoms with Gasteiger partial charge in [-0.05, 0) is 115 Å². The number of allylic oxidation sites excluding steroid dienone is 2. The minimum Gasteiger partial charge on any atom is -0.465 e. The smallest absolute Gasteiger partial charge is 0.312 e. The van der Waals surface area contributed by atoms with Crippen LogP contribution in [0.25, 0.3) is 0 Å². The van der Waals surface area contributed by atoms with Crippen molar-refractivity contribution in [2.24, 2.45) is 50.2 Å². The Hall–Kier alpha value is -0.390. The third-order valence-corrected chi connectivity index (χ3v) is 14.3. The molecule has 5 aliphatic rings. The van der Waals surface area contributed by atoms with E-state index in [2.05, 4.69) is 70.5 Å². The first-order chi connectivity index (χ1) is 18.1. The number of fused-ring (bicyclic) bond motifs is 7. The van der Waals surface area contributed by atoms with Crippen LogP contribution < -0.4 is 0 Å². The first-order valence-corrected chi connectivity index (χ1v) is 17.0. The van der Waals surface area contributed by atoms with Crippen LogP contribution in [0, 0.1) is 50.2 Å². The van der Waals surface area contributed by atoms with E-state index in [1.54, 1.807) is 5.57 Å². The number of aliphatic hydroxyl groups excluding tert-OH is 2. The summed E-state index contributed by atoms with van der Waals surface area (Å²) in [5.41, 5.74) is 1.21. The predicted molar refractivity (Wildman–Crippen MR) is 160 cm³/mol. The zero-order valence-electron chi connectivity index (χ0n) is 25.7. The average Bonchev–Trinajstić information content (AvgIpc) is 2.85. The van der Waals surface area contributed by atoms with Gasteiger partial charge in [-0.25, -0.2) is 0 Å². The van der Waals surface area contributed by atoms with Gasteiger partial charge in [0.1, 0.15) is 0 Å². The van der Waals surface area contributed by atoms with Crippen LogP contribution in [-0.2, 0) is 9.53 Å². The van der Waals surface area contributed by atoms with Crippen LogP contribution in [-0.4, -0.2) is 40.3 Å². The summed E-state index contributed by atoms with van der Waals surface area (Å²) < 4.78 is 6.05. The SMILES string of the molecule is CC1(C)CC[C@]2(C(=O)OCCCCBr)CC[C@]3(C)C(=CC[C@@H]4[C@@]5(C)C[C@@H](O)[C@H](O)C(C)(C)[C@@H]5CC[C@]43C)[C@@H]2C1. The van der Waals surface area contributed by atoms with Crippen LogP contribution in [0.5, 0.6) is 0 Å². The van der Waals surface area contributed by atoms with Gasteiger partial charge in [-0.3, -0.25) is 4.79 Å². The topological polar surface area (TPSA) is 66.8 Å². The standard InChI is InChI=1S/C34H55BrO4/c1-29(2)14-16-34(28(38)39-19-9-8-18-35)17-15-32(6)22(23(34)20-29)10-11-26-31(5)21-24(36)27(37)30(3,4)25(31)12-13-33(26,32)7/h10,23-27,36-37H,8-9,11-21H2,1-7H3/t23-,24+,25-,26+,27-,31-,32+,33+,34-/m0/s1. The molecule has 0 aromatic rings. The highest BCUT2D eigenvalue weighted by atomic mass is 79.9. The summed E-state index contributed by atoms with van der Waals surface area (Å²) in [4.78, 5) is 13.9. The van der Waals surface area contributed by atoms with E-state index in [-0.39, 0.29) is 44.4 Å². The lowest BCUT2D eigenvalue weighted by molar-refractivity contribution is -0.232. The second-order valence-electron chi connectivity index (χ2n) is 16.4. The third kappa shape index (κ3) is 4.28. The fraction of sp³-hybridized carbons (Fsp3) is 0.912. The van der Waals surface area contributed by atoms with Crippen molar-refractivity contribution < 1.29 is 19.7 Å². The van der Waals surface area contributed by atoms with Crippen LogP contribution in [0.1, 0.15) is 119 Å². The summed E-state index contributed by atoms with van der Waals surface area (Å²) in [6.45, 7) is 17.2. The molecule has 4 saturated carbocycles. The van der Waals surface area contributed by atoms with Gasteiger partial charge in [0.05, 0.1) is 24.2 Å². The fourth-order valence-electron chi connectivity index (χ4n) is 11.3. The van der Waals surface area contributed by atoms with Gasteiger partial charge in [0, 0.05) is 5.33 Å². The number of hydrogen-bond donors (Lipinski definition) is 2. The molecule has 0 bridgehead atoms. The van der Waals surface area contributed by atoms with E-state index in [0.717, 1.165) is 69.5 Å². The summed E-state index contributed by atoms with van der Waals surface area (Å²) >= 11 is 3.50. The second-order valence-corrected chi connectivity index (χ2v) is 17.2. The van der Waals surface area contributed by atoms with Gasteiger partial charge in [0.2, 0.25) is 0 Å². The predicted octanol–water partition coefficient (Wildman–Crippen LogP) is 7.84. The van der Waals surface area contributed by atoms with Gasteiger partial charge in [0.25, 0.3) is 0 Å². The molecule has 5 rings (SSSR count). The summed E-state index contributed by atoms with van der Waals surface area (Å²) in [6.07, 6.45) is 12.2. The maximum Gasteiger partial charge on any atom is 0.312 e. The molecule has 222 valence electrons. The minimum absolute atomic E-state index is 0.0189. The zero-order chi connectivity index (χ0) is 28.6. The van der Waals surface area contributed by atoms with Crippen molar-refractivity contribution in [1.29, 1.82) is 0 Å². The summed E-state index contributed by atoms with van der Waals surface area (Å²) in [7, 11) is 0. The monoisotopic (exact) mass is 606 g/mol. The van der Waals surface area contributed by atoms with Crippen LogP contribution in [0.3, 0.4) is 0 Å². The number of aliphatic hydroxyl groups is 2. The number of ether oxygens (including phenoxy) is 1. The molecule has 5 heteroatoms. The molecule has 0 spiro atoms. The van der Waals surface area contributed by atoms with E-state index < -0.39 is 12.2 Å². The Morgan fingerprint density at radius 1 is 0.949 bits per heavy atom. The number of unbranched alkanes of at least 4 members (excludes halogenated alkanes) is 1. The molecule has 2 N–H and O–H groups in total. The molecule has 0 saturated heterocycles. The molecule has 0 amide bonds. The highest BCUT2D eigenvalue weighted by Crippen LogP contribution is 2.75. The van der Waals surface area contributed by atoms with Crippen molar-refractivity contribution in [3.8, 4) is 0 Å². The van der Waals surface area contributed by atoms with Crippen molar-refractivity contribution in [3.63, 3.8) is 0 Å². The first kappa shape index (κ1) is 30.1. The van der Waals surface area contributed by atoms with Gasteiger partial charge in [-0.15, -0.1) is 0 Å². The Morgan fingerprint density at radius 2 is 1.64 bits per heavy atom. The molecule has 5 aliphatic carbocycles. The number of carbonyl (C=O) groups excluding carboxylic acids is 1. The second kappa shape index (κ2) is 9.83. The van der Waals surface area contributed by atoms with Crippen LogP contribution in [0.2, 0.25) is 0 Å². The molecule has 0 aromatic carbocycles. The van der Waals surface area contributed by atoms with Crippen molar-refractivity contribution in [2.45, 2.75) is 131 Å². The van der Waals surface area contributed by atoms with Crippen molar-refractivity contribution >= 4 is 21.9 Å². The number of esters is 1. The van der Waals surface area contributed by atoms with Gasteiger partial charge >= 0.3 is 5.97 Å². The summed E-state index contributed by atoms with van der Waals surface area (Å²) in [6, 6.07) is 0. The van der Waals surface area contributed by atoms with E-state index in [1.165, 1.54) is 0 Å². The maximum atomic E-state index is 13.9. The van der Waals surface area contributed by atoms with E-state index >= 15 is 0 Å². The minimum atomic E-state index is -0.667. The van der Waals surface area contributed by atoms with Crippen molar-refractivity contribution in [2.75, 3.05) is 11.9 Å². The lowest BCUT2D eigenvalue weighted by Crippen LogP contribution is -2.67. The summed E-state index contributed by atoms with van der Waals surface area (Å²) in [5.74, 6) is 1.17. The molecule has 0 aromatic heterocycles. The fourth-order valence-corrected chi connectivity index (χ4v) is 11.6. The maximum absolute atomic E-state index is 13.9. The van der Waals surface area contributed by atoms with E-state index in [9.17, 15) is 15.0 Å². The molecule has 9 atom stereocenters. The molecular weight excluding hydrogens is 552 g/mol. The van der Waals surface area contributed by atoms with E-state index in [4.69, 9.17) is 4.74 Å². The Balaban J connectivity index is 1.53. The lowest BCUT2D eigenvalue weighted by Gasteiger charge is -2.71. The Bertz CT molecular complexity index is 1000.